The minimum Gasteiger partial charge on any atom is -0.321 e. The molecule has 0 amide bonds. The first-order valence-corrected chi connectivity index (χ1v) is 9.52. The molecule has 1 aliphatic rings. The van der Waals surface area contributed by atoms with Crippen molar-refractivity contribution in [1.29, 1.82) is 0 Å². The van der Waals surface area contributed by atoms with Crippen LogP contribution in [0.25, 0.3) is 23.0 Å². The summed E-state index contributed by atoms with van der Waals surface area (Å²) in [7, 11) is 0. The molecule has 0 atom stereocenters. The molecule has 4 rings (SSSR count). The Morgan fingerprint density at radius 2 is 2.00 bits per heavy atom. The summed E-state index contributed by atoms with van der Waals surface area (Å²) in [5.74, 6) is 4.16. The average Bonchev–Trinajstić information content (AvgIpc) is 3.14. The standard InChI is InChI=1S/C20H17F2N5S/c1-12(6-13-2-3-18-19(7-13)28-11-24-18)27-20(25-23)5-4-17(26-27)14-8-15(21)10-16(22)9-14/h4-5,7-11H,1-3,6,23H2/b25-20-. The Morgan fingerprint density at radius 3 is 2.75 bits per heavy atom. The fraction of sp³-hybridized carbons (Fsp3) is 0.150. The number of allylic oxidation sites excluding steroid dienone is 2. The van der Waals surface area contributed by atoms with Gasteiger partial charge in [0.05, 0.1) is 21.8 Å². The van der Waals surface area contributed by atoms with Crippen LogP contribution in [-0.2, 0) is 6.42 Å². The molecule has 8 heteroatoms. The van der Waals surface area contributed by atoms with E-state index in [0.717, 1.165) is 24.6 Å². The van der Waals surface area contributed by atoms with Crippen LogP contribution in [0.4, 0.5) is 8.78 Å². The van der Waals surface area contributed by atoms with Gasteiger partial charge in [-0.05, 0) is 43.2 Å². The lowest BCUT2D eigenvalue weighted by Crippen LogP contribution is -2.24. The molecular formula is C20H17F2N5S. The highest BCUT2D eigenvalue weighted by atomic mass is 32.1. The Bertz CT molecular complexity index is 1140. The van der Waals surface area contributed by atoms with Crippen LogP contribution in [-0.4, -0.2) is 14.8 Å². The van der Waals surface area contributed by atoms with Crippen molar-refractivity contribution < 1.29 is 8.78 Å². The van der Waals surface area contributed by atoms with Gasteiger partial charge in [-0.15, -0.1) is 11.3 Å². The molecule has 0 aliphatic heterocycles. The number of hydrogen-bond donors (Lipinski definition) is 1. The highest BCUT2D eigenvalue weighted by Crippen LogP contribution is 2.29. The van der Waals surface area contributed by atoms with E-state index >= 15 is 0 Å². The predicted molar refractivity (Wildman–Crippen MR) is 106 cm³/mol. The van der Waals surface area contributed by atoms with E-state index in [1.807, 2.05) is 5.51 Å². The second-order valence-electron chi connectivity index (χ2n) is 6.48. The van der Waals surface area contributed by atoms with E-state index in [9.17, 15) is 8.78 Å². The zero-order chi connectivity index (χ0) is 19.7. The third-order valence-electron chi connectivity index (χ3n) is 4.53. The van der Waals surface area contributed by atoms with Crippen molar-refractivity contribution in [2.45, 2.75) is 19.3 Å². The predicted octanol–water partition coefficient (Wildman–Crippen LogP) is 3.95. The topological polar surface area (TPSA) is 69.1 Å². The Hall–Kier alpha value is -3.13. The molecule has 2 heterocycles. The van der Waals surface area contributed by atoms with E-state index in [4.69, 9.17) is 5.84 Å². The number of aryl methyl sites for hydroxylation is 1. The van der Waals surface area contributed by atoms with Crippen LogP contribution in [0, 0.1) is 11.6 Å². The van der Waals surface area contributed by atoms with Gasteiger partial charge in [0.25, 0.3) is 0 Å². The van der Waals surface area contributed by atoms with E-state index in [1.165, 1.54) is 27.3 Å². The van der Waals surface area contributed by atoms with Crippen molar-refractivity contribution in [1.82, 2.24) is 14.8 Å². The molecule has 1 aliphatic carbocycles. The van der Waals surface area contributed by atoms with Gasteiger partial charge in [-0.1, -0.05) is 12.2 Å². The van der Waals surface area contributed by atoms with Gasteiger partial charge in [0.2, 0.25) is 0 Å². The summed E-state index contributed by atoms with van der Waals surface area (Å²) >= 11 is 1.61. The first-order valence-electron chi connectivity index (χ1n) is 8.64. The Labute approximate surface area is 164 Å². The lowest BCUT2D eigenvalue weighted by molar-refractivity contribution is 0.584. The van der Waals surface area contributed by atoms with E-state index in [2.05, 4.69) is 27.8 Å². The molecule has 0 spiro atoms. The van der Waals surface area contributed by atoms with Gasteiger partial charge >= 0.3 is 0 Å². The van der Waals surface area contributed by atoms with Gasteiger partial charge in [0.1, 0.15) is 11.6 Å². The maximum absolute atomic E-state index is 13.6. The van der Waals surface area contributed by atoms with Crippen molar-refractivity contribution in [3.63, 3.8) is 0 Å². The molecular weight excluding hydrogens is 380 g/mol. The summed E-state index contributed by atoms with van der Waals surface area (Å²) in [4.78, 5) is 5.52. The molecule has 1 aromatic carbocycles. The minimum atomic E-state index is -0.664. The van der Waals surface area contributed by atoms with Crippen molar-refractivity contribution in [2.75, 3.05) is 0 Å². The summed E-state index contributed by atoms with van der Waals surface area (Å²) in [6.07, 6.45) is 4.50. The van der Waals surface area contributed by atoms with E-state index in [1.54, 1.807) is 23.5 Å². The van der Waals surface area contributed by atoms with Crippen LogP contribution in [0.3, 0.4) is 0 Å². The molecule has 2 aromatic heterocycles. The Kier molecular flexibility index (Phi) is 4.87. The van der Waals surface area contributed by atoms with E-state index < -0.39 is 11.6 Å². The number of nitrogens with two attached hydrogens (primary N) is 1. The highest BCUT2D eigenvalue weighted by Gasteiger charge is 2.15. The van der Waals surface area contributed by atoms with Gasteiger partial charge in [0.15, 0.2) is 5.49 Å². The van der Waals surface area contributed by atoms with Crippen molar-refractivity contribution in [2.24, 2.45) is 10.9 Å². The van der Waals surface area contributed by atoms with Crippen LogP contribution < -0.4 is 11.3 Å². The molecule has 5 nitrogen and oxygen atoms in total. The second kappa shape index (κ2) is 7.47. The molecule has 0 saturated carbocycles. The molecule has 0 radical (unpaired) electrons. The largest absolute Gasteiger partial charge is 0.321 e. The van der Waals surface area contributed by atoms with Crippen molar-refractivity contribution in [3.8, 4) is 11.3 Å². The smallest absolute Gasteiger partial charge is 0.172 e. The molecule has 3 aromatic rings. The first kappa shape index (κ1) is 18.2. The number of thiazole rings is 1. The third kappa shape index (κ3) is 3.63. The number of rotatable bonds is 4. The maximum atomic E-state index is 13.6. The summed E-state index contributed by atoms with van der Waals surface area (Å²) in [6, 6.07) is 6.54. The van der Waals surface area contributed by atoms with E-state index in [-0.39, 0.29) is 0 Å². The highest BCUT2D eigenvalue weighted by molar-refractivity contribution is 7.10. The Morgan fingerprint density at radius 1 is 1.21 bits per heavy atom. The first-order chi connectivity index (χ1) is 13.5. The van der Waals surface area contributed by atoms with Crippen molar-refractivity contribution >= 4 is 23.1 Å². The monoisotopic (exact) mass is 397 g/mol. The van der Waals surface area contributed by atoms with Gasteiger partial charge in [-0.3, -0.25) is 0 Å². The lowest BCUT2D eigenvalue weighted by Gasteiger charge is -2.16. The molecule has 0 unspecified atom stereocenters. The number of nitrogens with zero attached hydrogens (tertiary/aromatic N) is 4. The molecule has 142 valence electrons. The van der Waals surface area contributed by atoms with Gasteiger partial charge in [0, 0.05) is 23.7 Å². The van der Waals surface area contributed by atoms with Gasteiger partial charge in [-0.25, -0.2) is 18.4 Å². The second-order valence-corrected chi connectivity index (χ2v) is 7.37. The average molecular weight is 397 g/mol. The number of benzene rings is 1. The number of fused-ring (bicyclic) bond motifs is 1. The zero-order valence-corrected chi connectivity index (χ0v) is 15.7. The molecule has 0 fully saturated rings. The number of aromatic nitrogens is 3. The maximum Gasteiger partial charge on any atom is 0.172 e. The SMILES string of the molecule is C=C(CC1=Cc2scnc2CC1)n1nc(-c2cc(F)cc(F)c2)cc/c1=N/N. The zero-order valence-electron chi connectivity index (χ0n) is 14.9. The summed E-state index contributed by atoms with van der Waals surface area (Å²) in [6.45, 7) is 4.12. The van der Waals surface area contributed by atoms with Gasteiger partial charge in [-0.2, -0.15) is 10.2 Å². The van der Waals surface area contributed by atoms with E-state index in [0.29, 0.717) is 28.9 Å². The van der Waals surface area contributed by atoms with Crippen molar-refractivity contribution in [3.05, 3.63) is 75.7 Å². The molecule has 0 bridgehead atoms. The van der Waals surface area contributed by atoms with Crippen LogP contribution >= 0.6 is 11.3 Å². The van der Waals surface area contributed by atoms with Crippen LogP contribution in [0.2, 0.25) is 0 Å². The molecule has 2 N–H and O–H groups in total. The fourth-order valence-corrected chi connectivity index (χ4v) is 4.02. The number of halogens is 2. The molecule has 28 heavy (non-hydrogen) atoms. The normalized spacial score (nSPS) is 13.9. The summed E-state index contributed by atoms with van der Waals surface area (Å²) in [5.41, 5.74) is 5.98. The third-order valence-corrected chi connectivity index (χ3v) is 5.35. The van der Waals surface area contributed by atoms with Gasteiger partial charge < -0.3 is 5.84 Å². The minimum absolute atomic E-state index is 0.328. The summed E-state index contributed by atoms with van der Waals surface area (Å²) < 4.78 is 28.7. The van der Waals surface area contributed by atoms with Crippen LogP contribution in [0.1, 0.15) is 23.4 Å². The summed E-state index contributed by atoms with van der Waals surface area (Å²) in [5, 5.41) is 8.22. The van der Waals surface area contributed by atoms with Crippen LogP contribution in [0.5, 0.6) is 0 Å². The number of hydrogen-bond acceptors (Lipinski definition) is 5. The quantitative estimate of drug-likeness (QED) is 0.535. The molecule has 0 saturated heterocycles. The lowest BCUT2D eigenvalue weighted by atomic mass is 9.98. The fourth-order valence-electron chi connectivity index (χ4n) is 3.20. The van der Waals surface area contributed by atoms with Crippen LogP contribution in [0.15, 0.2) is 53.1 Å². The Balaban J connectivity index is 1.68.